The predicted molar refractivity (Wildman–Crippen MR) is 99.7 cm³/mol. The first-order valence-electron chi connectivity index (χ1n) is 8.75. The highest BCUT2D eigenvalue weighted by Gasteiger charge is 2.03. The second-order valence-corrected chi connectivity index (χ2v) is 5.61. The van der Waals surface area contributed by atoms with Crippen LogP contribution in [-0.2, 0) is 24.1 Å². The summed E-state index contributed by atoms with van der Waals surface area (Å²) in [5.41, 5.74) is 1.31. The summed E-state index contributed by atoms with van der Waals surface area (Å²) >= 11 is 0. The maximum atomic E-state index is 5.08. The fourth-order valence-corrected chi connectivity index (χ4v) is 2.43. The van der Waals surface area contributed by atoms with Crippen molar-refractivity contribution in [1.82, 2.24) is 25.4 Å². The van der Waals surface area contributed by atoms with Gasteiger partial charge in [-0.15, -0.1) is 10.2 Å². The Morgan fingerprint density at radius 1 is 1.20 bits per heavy atom. The van der Waals surface area contributed by atoms with Crippen molar-refractivity contribution in [3.05, 3.63) is 48.0 Å². The van der Waals surface area contributed by atoms with Gasteiger partial charge in [0, 0.05) is 33.2 Å². The van der Waals surface area contributed by atoms with Crippen molar-refractivity contribution in [2.75, 3.05) is 33.4 Å². The predicted octanol–water partition coefficient (Wildman–Crippen LogP) is 1.26. The molecule has 0 aliphatic heterocycles. The van der Waals surface area contributed by atoms with E-state index >= 15 is 0 Å². The number of guanidine groups is 1. The lowest BCUT2D eigenvalue weighted by molar-refractivity contribution is 0.208. The number of aryl methyl sites for hydroxylation is 1. The Balaban J connectivity index is 1.79. The Morgan fingerprint density at radius 2 is 2.00 bits per heavy atom. The smallest absolute Gasteiger partial charge is 0.191 e. The van der Waals surface area contributed by atoms with Crippen LogP contribution in [0, 0.1) is 0 Å². The van der Waals surface area contributed by atoms with E-state index in [1.807, 2.05) is 6.07 Å². The summed E-state index contributed by atoms with van der Waals surface area (Å²) in [5.74, 6) is 1.80. The minimum atomic E-state index is 0.608. The minimum absolute atomic E-state index is 0.608. The molecule has 25 heavy (non-hydrogen) atoms. The first-order chi connectivity index (χ1) is 12.3. The van der Waals surface area contributed by atoms with E-state index in [4.69, 9.17) is 4.74 Å². The standard InChI is InChI=1S/C18H28N6O/c1-3-17-23-22-15-24(17)13-11-20-18(21-12-14-25-2)19-10-9-16-7-5-4-6-8-16/h4-8,15H,3,9-14H2,1-2H3,(H2,19,20,21). The van der Waals surface area contributed by atoms with Crippen LogP contribution in [0.25, 0.3) is 0 Å². The van der Waals surface area contributed by atoms with Crippen LogP contribution in [0.2, 0.25) is 0 Å². The molecular weight excluding hydrogens is 316 g/mol. The summed E-state index contributed by atoms with van der Waals surface area (Å²) < 4.78 is 7.14. The van der Waals surface area contributed by atoms with Crippen molar-refractivity contribution in [1.29, 1.82) is 0 Å². The summed E-state index contributed by atoms with van der Waals surface area (Å²) in [6, 6.07) is 10.4. The zero-order valence-electron chi connectivity index (χ0n) is 15.1. The van der Waals surface area contributed by atoms with Gasteiger partial charge in [-0.3, -0.25) is 4.99 Å². The number of benzene rings is 1. The van der Waals surface area contributed by atoms with Gasteiger partial charge in [-0.1, -0.05) is 37.3 Å². The van der Waals surface area contributed by atoms with Crippen LogP contribution < -0.4 is 10.6 Å². The molecule has 0 spiro atoms. The number of rotatable bonds is 10. The first kappa shape index (κ1) is 18.9. The van der Waals surface area contributed by atoms with Crippen molar-refractivity contribution in [2.45, 2.75) is 26.3 Å². The highest BCUT2D eigenvalue weighted by molar-refractivity contribution is 5.79. The SMILES string of the molecule is CCc1nncn1CCNC(=NCCOC)NCCc1ccccc1. The molecule has 0 amide bonds. The van der Waals surface area contributed by atoms with Gasteiger partial charge in [0.2, 0.25) is 0 Å². The van der Waals surface area contributed by atoms with Gasteiger partial charge in [0.1, 0.15) is 12.2 Å². The number of methoxy groups -OCH3 is 1. The number of aliphatic imine (C=N–C) groups is 1. The minimum Gasteiger partial charge on any atom is -0.383 e. The van der Waals surface area contributed by atoms with E-state index in [0.29, 0.717) is 13.2 Å². The summed E-state index contributed by atoms with van der Waals surface area (Å²) in [4.78, 5) is 4.53. The molecule has 7 heteroatoms. The van der Waals surface area contributed by atoms with Crippen LogP contribution in [0.1, 0.15) is 18.3 Å². The van der Waals surface area contributed by atoms with Gasteiger partial charge in [0.15, 0.2) is 5.96 Å². The third kappa shape index (κ3) is 6.93. The average molecular weight is 344 g/mol. The molecule has 0 unspecified atom stereocenters. The van der Waals surface area contributed by atoms with E-state index in [0.717, 1.165) is 44.3 Å². The summed E-state index contributed by atoms with van der Waals surface area (Å²) in [5, 5.41) is 14.8. The first-order valence-corrected chi connectivity index (χ1v) is 8.75. The highest BCUT2D eigenvalue weighted by Crippen LogP contribution is 1.98. The number of hydrogen-bond acceptors (Lipinski definition) is 4. The lowest BCUT2D eigenvalue weighted by atomic mass is 10.1. The van der Waals surface area contributed by atoms with Gasteiger partial charge in [-0.25, -0.2) is 0 Å². The molecule has 7 nitrogen and oxygen atoms in total. The van der Waals surface area contributed by atoms with E-state index in [9.17, 15) is 0 Å². The molecule has 0 aliphatic carbocycles. The van der Waals surface area contributed by atoms with Gasteiger partial charge in [0.25, 0.3) is 0 Å². The fraction of sp³-hybridized carbons (Fsp3) is 0.500. The molecular formula is C18H28N6O. The van der Waals surface area contributed by atoms with E-state index < -0.39 is 0 Å². The van der Waals surface area contributed by atoms with Gasteiger partial charge in [0.05, 0.1) is 13.2 Å². The molecule has 0 saturated heterocycles. The number of nitrogens with one attached hydrogen (secondary N) is 2. The third-order valence-electron chi connectivity index (χ3n) is 3.77. The molecule has 0 radical (unpaired) electrons. The van der Waals surface area contributed by atoms with Crippen LogP contribution in [0.5, 0.6) is 0 Å². The number of aromatic nitrogens is 3. The summed E-state index contributed by atoms with van der Waals surface area (Å²) in [7, 11) is 1.68. The number of nitrogens with zero attached hydrogens (tertiary/aromatic N) is 4. The zero-order valence-corrected chi connectivity index (χ0v) is 15.1. The van der Waals surface area contributed by atoms with Crippen molar-refractivity contribution in [3.63, 3.8) is 0 Å². The van der Waals surface area contributed by atoms with Crippen LogP contribution >= 0.6 is 0 Å². The van der Waals surface area contributed by atoms with E-state index in [-0.39, 0.29) is 0 Å². The largest absolute Gasteiger partial charge is 0.383 e. The second kappa shape index (κ2) is 11.2. The third-order valence-corrected chi connectivity index (χ3v) is 3.77. The molecule has 1 heterocycles. The van der Waals surface area contributed by atoms with Crippen LogP contribution in [0.3, 0.4) is 0 Å². The molecule has 0 fully saturated rings. The molecule has 2 aromatic rings. The Hall–Kier alpha value is -2.41. The molecule has 0 aliphatic rings. The van der Waals surface area contributed by atoms with Crippen LogP contribution in [0.15, 0.2) is 41.7 Å². The quantitative estimate of drug-likeness (QED) is 0.386. The number of ether oxygens (including phenoxy) is 1. The van der Waals surface area contributed by atoms with Gasteiger partial charge >= 0.3 is 0 Å². The molecule has 0 saturated carbocycles. The Morgan fingerprint density at radius 3 is 2.76 bits per heavy atom. The monoisotopic (exact) mass is 344 g/mol. The zero-order chi connectivity index (χ0) is 17.7. The van der Waals surface area contributed by atoms with Crippen LogP contribution in [0.4, 0.5) is 0 Å². The van der Waals surface area contributed by atoms with Crippen molar-refractivity contribution < 1.29 is 4.74 Å². The molecule has 2 rings (SSSR count). The average Bonchev–Trinajstić information content (AvgIpc) is 3.10. The van der Waals surface area contributed by atoms with Gasteiger partial charge in [-0.05, 0) is 12.0 Å². The lowest BCUT2D eigenvalue weighted by Crippen LogP contribution is -2.40. The van der Waals surface area contributed by atoms with Gasteiger partial charge < -0.3 is 19.9 Å². The Kier molecular flexibility index (Phi) is 8.48. The topological polar surface area (TPSA) is 76.4 Å². The maximum Gasteiger partial charge on any atom is 0.191 e. The van der Waals surface area contributed by atoms with E-state index in [1.165, 1.54) is 5.56 Å². The Bertz CT molecular complexity index is 626. The summed E-state index contributed by atoms with van der Waals surface area (Å²) in [6.07, 6.45) is 3.60. The van der Waals surface area contributed by atoms with Gasteiger partial charge in [-0.2, -0.15) is 0 Å². The van der Waals surface area contributed by atoms with Crippen molar-refractivity contribution in [2.24, 2.45) is 4.99 Å². The molecule has 1 aromatic heterocycles. The highest BCUT2D eigenvalue weighted by atomic mass is 16.5. The Labute approximate surface area is 149 Å². The van der Waals surface area contributed by atoms with Crippen molar-refractivity contribution >= 4 is 5.96 Å². The summed E-state index contributed by atoms with van der Waals surface area (Å²) in [6.45, 7) is 5.71. The van der Waals surface area contributed by atoms with E-state index in [2.05, 4.69) is 61.6 Å². The second-order valence-electron chi connectivity index (χ2n) is 5.61. The molecule has 2 N–H and O–H groups in total. The lowest BCUT2D eigenvalue weighted by Gasteiger charge is -2.13. The van der Waals surface area contributed by atoms with Crippen molar-refractivity contribution in [3.8, 4) is 0 Å². The van der Waals surface area contributed by atoms with E-state index in [1.54, 1.807) is 13.4 Å². The fourth-order valence-electron chi connectivity index (χ4n) is 2.43. The molecule has 0 bridgehead atoms. The molecule has 136 valence electrons. The maximum absolute atomic E-state index is 5.08. The number of hydrogen-bond donors (Lipinski definition) is 2. The normalized spacial score (nSPS) is 11.5. The molecule has 1 aromatic carbocycles. The van der Waals surface area contributed by atoms with Crippen LogP contribution in [-0.4, -0.2) is 54.1 Å². The molecule has 0 atom stereocenters.